The van der Waals surface area contributed by atoms with Crippen LogP contribution in [0.2, 0.25) is 0 Å². The number of aromatic nitrogens is 2. The first-order valence-corrected chi connectivity index (χ1v) is 9.75. The topological polar surface area (TPSA) is 68.2 Å². The Bertz CT molecular complexity index is 832. The molecule has 0 radical (unpaired) electrons. The number of carbonyl (C=O) groups is 1. The third-order valence-corrected chi connectivity index (χ3v) is 5.29. The van der Waals surface area contributed by atoms with Crippen molar-refractivity contribution in [2.75, 3.05) is 6.54 Å². The zero-order valence-corrected chi connectivity index (χ0v) is 16.3. The Morgan fingerprint density at radius 3 is 3.07 bits per heavy atom. The van der Waals surface area contributed by atoms with E-state index < -0.39 is 0 Å². The standard InChI is InChI=1S/C21H28N4O2/c1-14-4-6-19-17(10-14)18(12-21(2,3)27-19)23-20(26)7-5-15-11-16-13-22-8-9-25(16)24-15/h4,6,10-11,18,22H,5,7-9,12-13H2,1-3H3,(H,23,26). The Labute approximate surface area is 160 Å². The van der Waals surface area contributed by atoms with E-state index >= 15 is 0 Å². The number of rotatable bonds is 4. The second-order valence-corrected chi connectivity index (χ2v) is 8.25. The average molecular weight is 368 g/mol. The molecule has 0 bridgehead atoms. The molecule has 1 unspecified atom stereocenters. The third kappa shape index (κ3) is 4.00. The van der Waals surface area contributed by atoms with E-state index in [4.69, 9.17) is 4.74 Å². The lowest BCUT2D eigenvalue weighted by Crippen LogP contribution is -2.41. The van der Waals surface area contributed by atoms with Crippen molar-refractivity contribution in [1.82, 2.24) is 20.4 Å². The molecule has 0 fully saturated rings. The van der Waals surface area contributed by atoms with Crippen molar-refractivity contribution >= 4 is 5.91 Å². The van der Waals surface area contributed by atoms with Crippen LogP contribution < -0.4 is 15.4 Å². The highest BCUT2D eigenvalue weighted by Crippen LogP contribution is 2.39. The molecule has 0 aliphatic carbocycles. The van der Waals surface area contributed by atoms with Gasteiger partial charge in [-0.2, -0.15) is 5.10 Å². The van der Waals surface area contributed by atoms with E-state index in [-0.39, 0.29) is 17.6 Å². The predicted molar refractivity (Wildman–Crippen MR) is 104 cm³/mol. The van der Waals surface area contributed by atoms with Crippen LogP contribution in [0, 0.1) is 6.92 Å². The van der Waals surface area contributed by atoms with Crippen LogP contribution in [-0.2, 0) is 24.3 Å². The quantitative estimate of drug-likeness (QED) is 0.871. The highest BCUT2D eigenvalue weighted by molar-refractivity contribution is 5.77. The second kappa shape index (κ2) is 7.00. The molecule has 2 aliphatic rings. The van der Waals surface area contributed by atoms with Gasteiger partial charge in [0.2, 0.25) is 5.91 Å². The van der Waals surface area contributed by atoms with Crippen molar-refractivity contribution in [2.45, 2.75) is 64.8 Å². The van der Waals surface area contributed by atoms with E-state index in [0.29, 0.717) is 12.8 Å². The Kier molecular flexibility index (Phi) is 4.68. The Morgan fingerprint density at radius 1 is 1.41 bits per heavy atom. The maximum Gasteiger partial charge on any atom is 0.220 e. The number of ether oxygens (including phenoxy) is 1. The van der Waals surface area contributed by atoms with E-state index in [1.165, 1.54) is 11.3 Å². The summed E-state index contributed by atoms with van der Waals surface area (Å²) < 4.78 is 8.14. The first-order chi connectivity index (χ1) is 12.9. The van der Waals surface area contributed by atoms with Crippen LogP contribution in [0.5, 0.6) is 5.75 Å². The highest BCUT2D eigenvalue weighted by Gasteiger charge is 2.34. The maximum atomic E-state index is 12.6. The number of fused-ring (bicyclic) bond motifs is 2. The third-order valence-electron chi connectivity index (χ3n) is 5.29. The number of hydrogen-bond donors (Lipinski definition) is 2. The molecule has 1 aromatic carbocycles. The van der Waals surface area contributed by atoms with Gasteiger partial charge in [0.15, 0.2) is 0 Å². The average Bonchev–Trinajstić information content (AvgIpc) is 3.03. The summed E-state index contributed by atoms with van der Waals surface area (Å²) in [5.41, 5.74) is 4.15. The second-order valence-electron chi connectivity index (χ2n) is 8.25. The largest absolute Gasteiger partial charge is 0.487 e. The van der Waals surface area contributed by atoms with Crippen molar-refractivity contribution in [2.24, 2.45) is 0 Å². The monoisotopic (exact) mass is 368 g/mol. The van der Waals surface area contributed by atoms with Crippen LogP contribution in [0.3, 0.4) is 0 Å². The maximum absolute atomic E-state index is 12.6. The van der Waals surface area contributed by atoms with Crippen LogP contribution in [-0.4, -0.2) is 27.8 Å². The summed E-state index contributed by atoms with van der Waals surface area (Å²) in [6.07, 6.45) is 1.88. The summed E-state index contributed by atoms with van der Waals surface area (Å²) in [4.78, 5) is 12.6. The summed E-state index contributed by atoms with van der Waals surface area (Å²) in [7, 11) is 0. The first-order valence-electron chi connectivity index (χ1n) is 9.75. The zero-order valence-electron chi connectivity index (χ0n) is 16.3. The molecule has 0 saturated carbocycles. The fraction of sp³-hybridized carbons (Fsp3) is 0.524. The summed E-state index contributed by atoms with van der Waals surface area (Å²) in [5.74, 6) is 0.936. The van der Waals surface area contributed by atoms with Gasteiger partial charge in [0, 0.05) is 37.9 Å². The Balaban J connectivity index is 1.42. The van der Waals surface area contributed by atoms with Gasteiger partial charge >= 0.3 is 0 Å². The van der Waals surface area contributed by atoms with Crippen LogP contribution in [0.15, 0.2) is 24.3 Å². The number of benzene rings is 1. The van der Waals surface area contributed by atoms with Gasteiger partial charge in [-0.05, 0) is 32.9 Å². The summed E-state index contributed by atoms with van der Waals surface area (Å²) in [6, 6.07) is 8.26. The lowest BCUT2D eigenvalue weighted by Gasteiger charge is -2.38. The summed E-state index contributed by atoms with van der Waals surface area (Å²) >= 11 is 0. The molecule has 2 aromatic rings. The molecule has 1 amide bonds. The highest BCUT2D eigenvalue weighted by atomic mass is 16.5. The molecule has 3 heterocycles. The minimum absolute atomic E-state index is 0.0180. The van der Waals surface area contributed by atoms with Gasteiger partial charge in [-0.1, -0.05) is 17.7 Å². The van der Waals surface area contributed by atoms with Gasteiger partial charge in [-0.15, -0.1) is 0 Å². The number of aryl methyl sites for hydroxylation is 2. The fourth-order valence-electron chi connectivity index (χ4n) is 3.99. The first kappa shape index (κ1) is 18.0. The van der Waals surface area contributed by atoms with E-state index in [1.807, 2.05) is 10.7 Å². The number of hydrogen-bond acceptors (Lipinski definition) is 4. The molecule has 1 atom stereocenters. The molecular formula is C21H28N4O2. The number of amides is 1. The van der Waals surface area contributed by atoms with Gasteiger partial charge in [0.05, 0.1) is 24.0 Å². The molecule has 1 aromatic heterocycles. The van der Waals surface area contributed by atoms with E-state index in [2.05, 4.69) is 54.7 Å². The van der Waals surface area contributed by atoms with Crippen LogP contribution in [0.4, 0.5) is 0 Å². The van der Waals surface area contributed by atoms with Gasteiger partial charge in [-0.25, -0.2) is 0 Å². The number of carbonyl (C=O) groups excluding carboxylic acids is 1. The molecule has 0 saturated heterocycles. The Hall–Kier alpha value is -2.34. The van der Waals surface area contributed by atoms with Gasteiger partial charge in [0.25, 0.3) is 0 Å². The van der Waals surface area contributed by atoms with Gasteiger partial charge in [-0.3, -0.25) is 9.48 Å². The molecule has 0 spiro atoms. The summed E-state index contributed by atoms with van der Waals surface area (Å²) in [5, 5.41) is 11.2. The van der Waals surface area contributed by atoms with Gasteiger partial charge < -0.3 is 15.4 Å². The molecule has 4 rings (SSSR count). The SMILES string of the molecule is Cc1ccc2c(c1)C(NC(=O)CCc1cc3n(n1)CCNC3)CC(C)(C)O2. The molecular weight excluding hydrogens is 340 g/mol. The van der Waals surface area contributed by atoms with Gasteiger partial charge in [0.1, 0.15) is 11.4 Å². The van der Waals surface area contributed by atoms with Crippen LogP contribution in [0.25, 0.3) is 0 Å². The summed E-state index contributed by atoms with van der Waals surface area (Å²) in [6.45, 7) is 8.90. The van der Waals surface area contributed by atoms with Crippen molar-refractivity contribution < 1.29 is 9.53 Å². The lowest BCUT2D eigenvalue weighted by atomic mass is 9.89. The smallest absolute Gasteiger partial charge is 0.220 e. The minimum Gasteiger partial charge on any atom is -0.487 e. The Morgan fingerprint density at radius 2 is 2.26 bits per heavy atom. The molecule has 27 heavy (non-hydrogen) atoms. The van der Waals surface area contributed by atoms with E-state index in [9.17, 15) is 4.79 Å². The normalized spacial score (nSPS) is 20.3. The molecule has 144 valence electrons. The molecule has 6 heteroatoms. The van der Waals surface area contributed by atoms with Crippen molar-refractivity contribution in [3.63, 3.8) is 0 Å². The van der Waals surface area contributed by atoms with Crippen molar-refractivity contribution in [1.29, 1.82) is 0 Å². The van der Waals surface area contributed by atoms with Crippen LogP contribution >= 0.6 is 0 Å². The van der Waals surface area contributed by atoms with Crippen molar-refractivity contribution in [3.8, 4) is 5.75 Å². The van der Waals surface area contributed by atoms with E-state index in [1.54, 1.807) is 0 Å². The zero-order chi connectivity index (χ0) is 19.0. The fourth-order valence-corrected chi connectivity index (χ4v) is 3.99. The van der Waals surface area contributed by atoms with E-state index in [0.717, 1.165) is 43.1 Å². The minimum atomic E-state index is -0.296. The molecule has 2 aliphatic heterocycles. The predicted octanol–water partition coefficient (Wildman–Crippen LogP) is 2.65. The molecule has 6 nitrogen and oxygen atoms in total. The lowest BCUT2D eigenvalue weighted by molar-refractivity contribution is -0.122. The van der Waals surface area contributed by atoms with Crippen molar-refractivity contribution in [3.05, 3.63) is 46.8 Å². The number of nitrogens with one attached hydrogen (secondary N) is 2. The molecule has 2 N–H and O–H groups in total. The van der Waals surface area contributed by atoms with Crippen LogP contribution in [0.1, 0.15) is 55.2 Å². The number of nitrogens with zero attached hydrogens (tertiary/aromatic N) is 2.